The number of hydrogen-bond acceptors (Lipinski definition) is 8. The molecule has 0 spiro atoms. The van der Waals surface area contributed by atoms with Gasteiger partial charge in [0, 0.05) is 5.70 Å². The summed E-state index contributed by atoms with van der Waals surface area (Å²) in [6.45, 7) is 0.204. The summed E-state index contributed by atoms with van der Waals surface area (Å²) < 4.78 is 6.77. The smallest absolute Gasteiger partial charge is 0.145 e. The molecule has 0 radical (unpaired) electrons. The minimum absolute atomic E-state index is 0.0625. The molecule has 2 rings (SSSR count). The van der Waals surface area contributed by atoms with Gasteiger partial charge in [-0.05, 0) is 12.2 Å². The fourth-order valence-corrected chi connectivity index (χ4v) is 2.02. The van der Waals surface area contributed by atoms with E-state index in [1.165, 1.54) is 10.8 Å². The maximum atomic E-state index is 8.93. The summed E-state index contributed by atoms with van der Waals surface area (Å²) in [5, 5.41) is 32.7. The van der Waals surface area contributed by atoms with Crippen LogP contribution in [0.15, 0.2) is 29.8 Å². The molecule has 9 nitrogen and oxygen atoms in total. The number of aliphatic hydroxyl groups is 2. The maximum Gasteiger partial charge on any atom is 0.145 e. The van der Waals surface area contributed by atoms with Gasteiger partial charge in [-0.25, -0.2) is 4.68 Å². The van der Waals surface area contributed by atoms with Crippen molar-refractivity contribution in [3.05, 3.63) is 29.8 Å². The summed E-state index contributed by atoms with van der Waals surface area (Å²) in [6, 6.07) is -0.406. The highest BCUT2D eigenvalue weighted by molar-refractivity contribution is 6.06. The third kappa shape index (κ3) is 3.38. The molecule has 8 N–H and O–H groups in total. The van der Waals surface area contributed by atoms with Crippen LogP contribution in [0.2, 0.25) is 0 Å². The number of nitrogen functional groups attached to an aromatic ring is 1. The largest absolute Gasteiger partial charge is 0.489 e. The lowest BCUT2D eigenvalue weighted by Crippen LogP contribution is -2.30. The number of hydrogen-bond donors (Lipinski definition) is 6. The van der Waals surface area contributed by atoms with Gasteiger partial charge in [-0.2, -0.15) is 5.10 Å². The Hall–Kier alpha value is -2.52. The van der Waals surface area contributed by atoms with E-state index in [2.05, 4.69) is 10.4 Å². The van der Waals surface area contributed by atoms with Crippen molar-refractivity contribution >= 4 is 17.2 Å². The Kier molecular flexibility index (Phi) is 5.02. The van der Waals surface area contributed by atoms with Crippen molar-refractivity contribution in [3.63, 3.8) is 0 Å². The van der Waals surface area contributed by atoms with Crippen LogP contribution in [0.3, 0.4) is 0 Å². The first-order valence-corrected chi connectivity index (χ1v) is 6.77. The highest BCUT2D eigenvalue weighted by Gasteiger charge is 2.21. The maximum absolute atomic E-state index is 8.93. The highest BCUT2D eigenvalue weighted by atomic mass is 16.5. The number of rotatable bonds is 7. The summed E-state index contributed by atoms with van der Waals surface area (Å²) in [4.78, 5) is 0. The number of nitrogens with two attached hydrogens (primary N) is 2. The van der Waals surface area contributed by atoms with Gasteiger partial charge in [-0.1, -0.05) is 0 Å². The predicted molar refractivity (Wildman–Crippen MR) is 82.3 cm³/mol. The summed E-state index contributed by atoms with van der Waals surface area (Å²) in [5.41, 5.74) is 13.0. The van der Waals surface area contributed by atoms with Crippen molar-refractivity contribution in [2.24, 2.45) is 5.73 Å². The molecule has 1 aliphatic rings. The van der Waals surface area contributed by atoms with Gasteiger partial charge in [0.15, 0.2) is 0 Å². The molecular formula is C13H20N6O3. The number of aromatic nitrogens is 2. The summed E-state index contributed by atoms with van der Waals surface area (Å²) in [7, 11) is 0. The van der Waals surface area contributed by atoms with Gasteiger partial charge >= 0.3 is 0 Å². The second-order valence-corrected chi connectivity index (χ2v) is 4.67. The van der Waals surface area contributed by atoms with Crippen LogP contribution in [-0.2, 0) is 11.3 Å². The van der Waals surface area contributed by atoms with Gasteiger partial charge in [0.25, 0.3) is 0 Å². The van der Waals surface area contributed by atoms with Crippen molar-refractivity contribution in [1.29, 1.82) is 5.41 Å². The monoisotopic (exact) mass is 308 g/mol. The quantitative estimate of drug-likeness (QED) is 0.377. The average molecular weight is 308 g/mol. The zero-order valence-electron chi connectivity index (χ0n) is 12.0. The topological polar surface area (TPSA) is 155 Å². The molecule has 0 aliphatic heterocycles. The van der Waals surface area contributed by atoms with Gasteiger partial charge in [0.2, 0.25) is 0 Å². The molecule has 1 heterocycles. The first-order chi connectivity index (χ1) is 10.6. The van der Waals surface area contributed by atoms with Gasteiger partial charge < -0.3 is 31.7 Å². The number of nitrogens with zero attached hydrogens (tertiary/aromatic N) is 2. The van der Waals surface area contributed by atoms with Gasteiger partial charge in [0.1, 0.15) is 18.2 Å². The molecule has 0 saturated carbocycles. The van der Waals surface area contributed by atoms with Gasteiger partial charge in [0.05, 0.1) is 43.4 Å². The third-order valence-corrected chi connectivity index (χ3v) is 3.11. The Bertz CT molecular complexity index is 607. The Balaban J connectivity index is 2.15. The molecule has 1 aromatic heterocycles. The van der Waals surface area contributed by atoms with Gasteiger partial charge in [-0.15, -0.1) is 0 Å². The number of allylic oxidation sites excluding steroid dienone is 1. The van der Waals surface area contributed by atoms with E-state index in [0.717, 1.165) is 0 Å². The fraction of sp³-hybridized carbons (Fsp3) is 0.385. The number of anilines is 2. The second-order valence-electron chi connectivity index (χ2n) is 4.67. The number of nitrogens with one attached hydrogen (secondary N) is 2. The van der Waals surface area contributed by atoms with Crippen molar-refractivity contribution in [3.8, 4) is 0 Å². The van der Waals surface area contributed by atoms with Crippen LogP contribution >= 0.6 is 0 Å². The minimum atomic E-state index is -0.406. The molecule has 0 saturated heterocycles. The normalized spacial score (nSPS) is 17.9. The Morgan fingerprint density at radius 3 is 2.82 bits per heavy atom. The van der Waals surface area contributed by atoms with Crippen LogP contribution in [-0.4, -0.2) is 51.6 Å². The average Bonchev–Trinajstić information content (AvgIpc) is 2.82. The van der Waals surface area contributed by atoms with Crippen LogP contribution in [0.5, 0.6) is 0 Å². The first-order valence-electron chi connectivity index (χ1n) is 6.77. The molecule has 1 atom stereocenters. The van der Waals surface area contributed by atoms with Crippen LogP contribution in [0.25, 0.3) is 0 Å². The molecule has 0 bridgehead atoms. The van der Waals surface area contributed by atoms with E-state index >= 15 is 0 Å². The second kappa shape index (κ2) is 6.96. The van der Waals surface area contributed by atoms with E-state index in [-0.39, 0.29) is 25.5 Å². The van der Waals surface area contributed by atoms with Crippen molar-refractivity contribution in [2.75, 3.05) is 30.9 Å². The van der Waals surface area contributed by atoms with Crippen LogP contribution < -0.4 is 16.8 Å². The van der Waals surface area contributed by atoms with Crippen LogP contribution in [0.4, 0.5) is 11.5 Å². The summed E-state index contributed by atoms with van der Waals surface area (Å²) in [6.07, 6.45) is 4.68. The van der Waals surface area contributed by atoms with E-state index in [1.54, 1.807) is 12.3 Å². The predicted octanol–water partition coefficient (Wildman–Crippen LogP) is -0.993. The molecule has 9 heteroatoms. The Morgan fingerprint density at radius 2 is 2.14 bits per heavy atom. The van der Waals surface area contributed by atoms with Crippen molar-refractivity contribution in [1.82, 2.24) is 9.78 Å². The molecule has 120 valence electrons. The van der Waals surface area contributed by atoms with E-state index in [1.807, 2.05) is 0 Å². The van der Waals surface area contributed by atoms with E-state index in [9.17, 15) is 0 Å². The Morgan fingerprint density at radius 1 is 1.36 bits per heavy atom. The lowest BCUT2D eigenvalue weighted by atomic mass is 10.0. The van der Waals surface area contributed by atoms with Gasteiger partial charge in [-0.3, -0.25) is 5.41 Å². The molecule has 22 heavy (non-hydrogen) atoms. The zero-order chi connectivity index (χ0) is 16.1. The minimum Gasteiger partial charge on any atom is -0.489 e. The van der Waals surface area contributed by atoms with E-state index < -0.39 is 6.04 Å². The lowest BCUT2D eigenvalue weighted by molar-refractivity contribution is 0.155. The van der Waals surface area contributed by atoms with E-state index in [0.29, 0.717) is 29.5 Å². The number of ether oxygens (including phenoxy) is 1. The number of aliphatic hydroxyl groups excluding tert-OH is 2. The van der Waals surface area contributed by atoms with Crippen LogP contribution in [0, 0.1) is 5.41 Å². The molecule has 0 aromatic carbocycles. The standard InChI is InChI=1S/C13H20N6O3/c14-8-5-9(15)12(22-4-3-21)6-10(8)18-11-7-17-19(1-2-20)13(11)16/h5-7,10,15,18,20-21H,1-4,14,16H2. The first kappa shape index (κ1) is 15.9. The van der Waals surface area contributed by atoms with Crippen molar-refractivity contribution < 1.29 is 14.9 Å². The third-order valence-electron chi connectivity index (χ3n) is 3.11. The molecule has 1 aliphatic carbocycles. The molecule has 1 aromatic rings. The zero-order valence-corrected chi connectivity index (χ0v) is 12.0. The SMILES string of the molecule is N=C1C=C(N)C(Nc2cnn(CCO)c2N)C=C1OCCO. The fourth-order valence-electron chi connectivity index (χ4n) is 2.02. The molecular weight excluding hydrogens is 288 g/mol. The van der Waals surface area contributed by atoms with Crippen molar-refractivity contribution in [2.45, 2.75) is 12.6 Å². The lowest BCUT2D eigenvalue weighted by Gasteiger charge is -2.22. The Labute approximate surface area is 127 Å². The van der Waals surface area contributed by atoms with E-state index in [4.69, 9.17) is 31.8 Å². The molecule has 1 unspecified atom stereocenters. The molecule has 0 fully saturated rings. The summed E-state index contributed by atoms with van der Waals surface area (Å²) in [5.74, 6) is 0.718. The van der Waals surface area contributed by atoms with Crippen LogP contribution in [0.1, 0.15) is 0 Å². The summed E-state index contributed by atoms with van der Waals surface area (Å²) >= 11 is 0. The highest BCUT2D eigenvalue weighted by Crippen LogP contribution is 2.22. The molecule has 0 amide bonds.